The summed E-state index contributed by atoms with van der Waals surface area (Å²) in [5.74, 6) is 3.58. The molecule has 0 aliphatic heterocycles. The molecule has 0 aromatic carbocycles. The Balaban J connectivity index is 1.95. The van der Waals surface area contributed by atoms with Gasteiger partial charge in [0.05, 0.1) is 5.39 Å². The van der Waals surface area contributed by atoms with Crippen molar-refractivity contribution < 1.29 is 5.11 Å². The smallest absolute Gasteiger partial charge is 0.226 e. The third kappa shape index (κ3) is 4.22. The Hall–Kier alpha value is -1.05. The number of thiophene rings is 1. The normalized spacial score (nSPS) is 10.9. The van der Waals surface area contributed by atoms with E-state index in [1.807, 2.05) is 24.1 Å². The first kappa shape index (κ1) is 15.3. The van der Waals surface area contributed by atoms with Crippen LogP contribution in [0, 0.1) is 0 Å². The summed E-state index contributed by atoms with van der Waals surface area (Å²) in [6.45, 7) is 3.98. The summed E-state index contributed by atoms with van der Waals surface area (Å²) in [5.41, 5.74) is 0. The lowest BCUT2D eigenvalue weighted by Crippen LogP contribution is -2.09. The zero-order valence-electron chi connectivity index (χ0n) is 11.6. The molecule has 0 atom stereocenters. The van der Waals surface area contributed by atoms with Crippen molar-refractivity contribution in [3.8, 4) is 0 Å². The lowest BCUT2D eigenvalue weighted by Gasteiger charge is -2.09. The number of rotatable bonds is 9. The molecule has 5 nitrogen and oxygen atoms in total. The highest BCUT2D eigenvalue weighted by Crippen LogP contribution is 2.26. The monoisotopic (exact) mass is 312 g/mol. The lowest BCUT2D eigenvalue weighted by atomic mass is 10.4. The van der Waals surface area contributed by atoms with E-state index in [1.165, 1.54) is 0 Å². The van der Waals surface area contributed by atoms with Gasteiger partial charge in [0, 0.05) is 25.4 Å². The molecule has 110 valence electrons. The zero-order chi connectivity index (χ0) is 14.2. The van der Waals surface area contributed by atoms with Crippen LogP contribution >= 0.6 is 23.1 Å². The molecule has 0 spiro atoms. The number of aromatic nitrogens is 2. The highest BCUT2D eigenvalue weighted by atomic mass is 32.2. The van der Waals surface area contributed by atoms with Crippen LogP contribution in [0.1, 0.15) is 13.3 Å². The summed E-state index contributed by atoms with van der Waals surface area (Å²) in [6.07, 6.45) is 0.859. The predicted octanol–water partition coefficient (Wildman–Crippen LogP) is 2.65. The zero-order valence-corrected chi connectivity index (χ0v) is 13.2. The van der Waals surface area contributed by atoms with Crippen molar-refractivity contribution in [1.82, 2.24) is 9.97 Å². The van der Waals surface area contributed by atoms with Gasteiger partial charge in [0.1, 0.15) is 10.6 Å². The third-order valence-electron chi connectivity index (χ3n) is 2.65. The van der Waals surface area contributed by atoms with Crippen LogP contribution in [0.5, 0.6) is 0 Å². The Bertz CT molecular complexity index is 532. The fourth-order valence-electron chi connectivity index (χ4n) is 1.74. The van der Waals surface area contributed by atoms with Crippen molar-refractivity contribution in [2.45, 2.75) is 13.3 Å². The molecule has 0 aliphatic carbocycles. The van der Waals surface area contributed by atoms with Crippen molar-refractivity contribution in [3.05, 3.63) is 11.4 Å². The van der Waals surface area contributed by atoms with Gasteiger partial charge in [-0.3, -0.25) is 0 Å². The van der Waals surface area contributed by atoms with Crippen LogP contribution in [-0.4, -0.2) is 46.3 Å². The maximum absolute atomic E-state index is 8.72. The van der Waals surface area contributed by atoms with E-state index in [2.05, 4.69) is 26.7 Å². The molecule has 0 unspecified atom stereocenters. The molecule has 20 heavy (non-hydrogen) atoms. The summed E-state index contributed by atoms with van der Waals surface area (Å²) >= 11 is 3.47. The lowest BCUT2D eigenvalue weighted by molar-refractivity contribution is 0.296. The Labute approximate surface area is 127 Å². The fourth-order valence-corrected chi connectivity index (χ4v) is 3.29. The van der Waals surface area contributed by atoms with Gasteiger partial charge in [-0.1, -0.05) is 0 Å². The molecule has 2 heterocycles. The number of nitrogens with zero attached hydrogens (tertiary/aromatic N) is 2. The van der Waals surface area contributed by atoms with Gasteiger partial charge >= 0.3 is 0 Å². The third-order valence-corrected chi connectivity index (χ3v) is 4.52. The van der Waals surface area contributed by atoms with Gasteiger partial charge in [0.15, 0.2) is 0 Å². The second kappa shape index (κ2) is 8.28. The van der Waals surface area contributed by atoms with Gasteiger partial charge in [-0.2, -0.15) is 16.7 Å². The first-order valence-corrected chi connectivity index (χ1v) is 8.80. The van der Waals surface area contributed by atoms with Crippen LogP contribution in [0.4, 0.5) is 11.8 Å². The number of anilines is 2. The molecule has 2 rings (SSSR count). The average molecular weight is 312 g/mol. The van der Waals surface area contributed by atoms with Crippen molar-refractivity contribution in [1.29, 1.82) is 0 Å². The Morgan fingerprint density at radius 3 is 3.00 bits per heavy atom. The number of aliphatic hydroxyl groups is 1. The number of thioether (sulfide) groups is 1. The molecule has 0 fully saturated rings. The molecular weight excluding hydrogens is 292 g/mol. The van der Waals surface area contributed by atoms with Crippen LogP contribution in [0.25, 0.3) is 10.2 Å². The van der Waals surface area contributed by atoms with E-state index in [0.29, 0.717) is 5.95 Å². The van der Waals surface area contributed by atoms with E-state index in [9.17, 15) is 0 Å². The van der Waals surface area contributed by atoms with Gasteiger partial charge in [-0.05, 0) is 30.5 Å². The minimum Gasteiger partial charge on any atom is -0.396 e. The predicted molar refractivity (Wildman–Crippen MR) is 89.1 cm³/mol. The number of aliphatic hydroxyl groups excluding tert-OH is 1. The molecule has 0 aliphatic rings. The number of nitrogens with one attached hydrogen (secondary N) is 2. The summed E-state index contributed by atoms with van der Waals surface area (Å²) in [5, 5.41) is 18.4. The van der Waals surface area contributed by atoms with Crippen LogP contribution in [-0.2, 0) is 0 Å². The molecule has 2 aromatic heterocycles. The molecular formula is C13H20N4OS2. The molecule has 7 heteroatoms. The highest BCUT2D eigenvalue weighted by Gasteiger charge is 2.07. The second-order valence-corrected chi connectivity index (χ2v) is 6.30. The van der Waals surface area contributed by atoms with Crippen molar-refractivity contribution in [2.24, 2.45) is 0 Å². The van der Waals surface area contributed by atoms with Crippen LogP contribution < -0.4 is 10.6 Å². The van der Waals surface area contributed by atoms with Crippen LogP contribution in [0.3, 0.4) is 0 Å². The summed E-state index contributed by atoms with van der Waals surface area (Å²) in [6, 6.07) is 2.05. The van der Waals surface area contributed by atoms with Gasteiger partial charge in [-0.25, -0.2) is 4.98 Å². The van der Waals surface area contributed by atoms with Gasteiger partial charge in [-0.15, -0.1) is 11.3 Å². The minimum atomic E-state index is 0.272. The highest BCUT2D eigenvalue weighted by molar-refractivity contribution is 7.99. The van der Waals surface area contributed by atoms with E-state index in [0.717, 1.165) is 47.1 Å². The van der Waals surface area contributed by atoms with Crippen LogP contribution in [0.2, 0.25) is 0 Å². The number of hydrogen-bond donors (Lipinski definition) is 3. The van der Waals surface area contributed by atoms with E-state index in [-0.39, 0.29) is 6.61 Å². The Morgan fingerprint density at radius 2 is 2.20 bits per heavy atom. The van der Waals surface area contributed by atoms with Gasteiger partial charge in [0.25, 0.3) is 0 Å². The molecule has 0 bridgehead atoms. The van der Waals surface area contributed by atoms with E-state index in [1.54, 1.807) is 11.3 Å². The van der Waals surface area contributed by atoms with Crippen molar-refractivity contribution in [3.63, 3.8) is 0 Å². The largest absolute Gasteiger partial charge is 0.396 e. The first-order valence-electron chi connectivity index (χ1n) is 6.76. The first-order chi connectivity index (χ1) is 9.85. The maximum Gasteiger partial charge on any atom is 0.226 e. The molecule has 3 N–H and O–H groups in total. The minimum absolute atomic E-state index is 0.272. The van der Waals surface area contributed by atoms with Gasteiger partial charge in [0.2, 0.25) is 5.95 Å². The molecule has 0 saturated carbocycles. The molecule has 0 amide bonds. The number of fused-ring (bicyclic) bond motifs is 1. The standard InChI is InChI=1S/C13H20N4OS2/c1-2-14-13-16-11(10-4-8-20-12(10)17-13)15-5-9-19-7-3-6-18/h4,8,18H,2-3,5-7,9H2,1H3,(H2,14,15,16,17). The van der Waals surface area contributed by atoms with Crippen molar-refractivity contribution >= 4 is 45.1 Å². The van der Waals surface area contributed by atoms with E-state index < -0.39 is 0 Å². The summed E-state index contributed by atoms with van der Waals surface area (Å²) in [4.78, 5) is 10.0. The topological polar surface area (TPSA) is 70.1 Å². The Kier molecular flexibility index (Phi) is 6.35. The second-order valence-electron chi connectivity index (χ2n) is 4.18. The van der Waals surface area contributed by atoms with E-state index >= 15 is 0 Å². The molecule has 0 saturated heterocycles. The SMILES string of the molecule is CCNc1nc(NCCSCCCO)c2ccsc2n1. The quantitative estimate of drug-likeness (QED) is 0.618. The maximum atomic E-state index is 8.72. The molecule has 0 radical (unpaired) electrons. The van der Waals surface area contributed by atoms with E-state index in [4.69, 9.17) is 5.11 Å². The number of hydrogen-bond acceptors (Lipinski definition) is 7. The van der Waals surface area contributed by atoms with Gasteiger partial charge < -0.3 is 15.7 Å². The average Bonchev–Trinajstić information content (AvgIpc) is 2.91. The van der Waals surface area contributed by atoms with Crippen molar-refractivity contribution in [2.75, 3.05) is 41.8 Å². The summed E-state index contributed by atoms with van der Waals surface area (Å²) in [7, 11) is 0. The fraction of sp³-hybridized carbons (Fsp3) is 0.538. The summed E-state index contributed by atoms with van der Waals surface area (Å²) < 4.78 is 0. The van der Waals surface area contributed by atoms with Crippen LogP contribution in [0.15, 0.2) is 11.4 Å². The Morgan fingerprint density at radius 1 is 1.30 bits per heavy atom. The molecule has 2 aromatic rings.